The lowest BCUT2D eigenvalue weighted by Gasteiger charge is -2.23. The quantitative estimate of drug-likeness (QED) is 0.427. The molecule has 0 bridgehead atoms. The van der Waals surface area contributed by atoms with Crippen LogP contribution in [0, 0.1) is 0 Å². The zero-order valence-corrected chi connectivity index (χ0v) is 10.6. The first-order valence-electron chi connectivity index (χ1n) is 6.38. The number of rotatable bonds is 2. The lowest BCUT2D eigenvalue weighted by atomic mass is 9.83. The molecule has 3 N–H and O–H groups in total. The molecule has 0 spiro atoms. The average Bonchev–Trinajstić information content (AvgIpc) is 2.39. The van der Waals surface area contributed by atoms with E-state index in [0.29, 0.717) is 17.2 Å². The molecule has 1 aliphatic carbocycles. The normalized spacial score (nSPS) is 17.9. The molecule has 1 aliphatic rings. The van der Waals surface area contributed by atoms with E-state index in [4.69, 9.17) is 5.21 Å². The SMILES string of the molecule is C/C(=N\O)c1cc(C2CCCCC2)c(O)cc1O. The van der Waals surface area contributed by atoms with Crippen LogP contribution in [-0.2, 0) is 0 Å². The van der Waals surface area contributed by atoms with Gasteiger partial charge in [0.25, 0.3) is 0 Å². The van der Waals surface area contributed by atoms with Crippen LogP contribution in [0.3, 0.4) is 0 Å². The van der Waals surface area contributed by atoms with Crippen molar-refractivity contribution in [3.8, 4) is 11.5 Å². The number of phenols is 2. The summed E-state index contributed by atoms with van der Waals surface area (Å²) in [6.45, 7) is 1.62. The van der Waals surface area contributed by atoms with E-state index in [1.54, 1.807) is 13.0 Å². The van der Waals surface area contributed by atoms with Gasteiger partial charge in [0.15, 0.2) is 0 Å². The summed E-state index contributed by atoms with van der Waals surface area (Å²) in [5, 5.41) is 31.6. The van der Waals surface area contributed by atoms with Crippen molar-refractivity contribution in [2.45, 2.75) is 44.9 Å². The minimum absolute atomic E-state index is 0.0534. The van der Waals surface area contributed by atoms with Crippen molar-refractivity contribution in [1.29, 1.82) is 0 Å². The second kappa shape index (κ2) is 5.29. The van der Waals surface area contributed by atoms with Crippen LogP contribution in [0.1, 0.15) is 56.1 Å². The van der Waals surface area contributed by atoms with Crippen LogP contribution in [-0.4, -0.2) is 21.1 Å². The Morgan fingerprint density at radius 3 is 2.39 bits per heavy atom. The van der Waals surface area contributed by atoms with Crippen LogP contribution in [0.15, 0.2) is 17.3 Å². The molecule has 1 aromatic rings. The third kappa shape index (κ3) is 2.42. The Morgan fingerprint density at radius 1 is 1.11 bits per heavy atom. The van der Waals surface area contributed by atoms with Gasteiger partial charge in [-0.25, -0.2) is 0 Å². The maximum absolute atomic E-state index is 9.96. The van der Waals surface area contributed by atoms with Crippen LogP contribution in [0.5, 0.6) is 11.5 Å². The Morgan fingerprint density at radius 2 is 1.78 bits per heavy atom. The van der Waals surface area contributed by atoms with Gasteiger partial charge in [0.1, 0.15) is 11.5 Å². The molecule has 0 atom stereocenters. The fourth-order valence-corrected chi connectivity index (χ4v) is 2.68. The lowest BCUT2D eigenvalue weighted by Crippen LogP contribution is -2.06. The van der Waals surface area contributed by atoms with Crippen LogP contribution >= 0.6 is 0 Å². The minimum atomic E-state index is -0.0534. The molecule has 1 saturated carbocycles. The number of hydrogen-bond donors (Lipinski definition) is 3. The van der Waals surface area contributed by atoms with E-state index in [1.165, 1.54) is 25.3 Å². The van der Waals surface area contributed by atoms with Gasteiger partial charge in [0.2, 0.25) is 0 Å². The molecule has 4 nitrogen and oxygen atoms in total. The van der Waals surface area contributed by atoms with Crippen molar-refractivity contribution in [3.05, 3.63) is 23.3 Å². The summed E-state index contributed by atoms with van der Waals surface area (Å²) >= 11 is 0. The highest BCUT2D eigenvalue weighted by atomic mass is 16.4. The molecule has 0 saturated heterocycles. The number of oxime groups is 1. The van der Waals surface area contributed by atoms with E-state index in [-0.39, 0.29) is 11.5 Å². The summed E-state index contributed by atoms with van der Waals surface area (Å²) < 4.78 is 0. The Labute approximate surface area is 107 Å². The predicted octanol–water partition coefficient (Wildman–Crippen LogP) is 3.34. The number of hydrogen-bond acceptors (Lipinski definition) is 4. The number of benzene rings is 1. The molecule has 4 heteroatoms. The van der Waals surface area contributed by atoms with Gasteiger partial charge in [-0.2, -0.15) is 0 Å². The van der Waals surface area contributed by atoms with E-state index >= 15 is 0 Å². The Bertz CT molecular complexity index is 462. The monoisotopic (exact) mass is 249 g/mol. The topological polar surface area (TPSA) is 73.1 Å². The fourth-order valence-electron chi connectivity index (χ4n) is 2.68. The molecule has 2 rings (SSSR count). The predicted molar refractivity (Wildman–Crippen MR) is 69.6 cm³/mol. The summed E-state index contributed by atoms with van der Waals surface area (Å²) in [6, 6.07) is 3.09. The van der Waals surface area contributed by atoms with Crippen molar-refractivity contribution < 1.29 is 15.4 Å². The Balaban J connectivity index is 2.40. The van der Waals surface area contributed by atoms with Gasteiger partial charge in [-0.1, -0.05) is 24.4 Å². The van der Waals surface area contributed by atoms with E-state index in [2.05, 4.69) is 5.16 Å². The van der Waals surface area contributed by atoms with Crippen molar-refractivity contribution in [2.24, 2.45) is 5.16 Å². The van der Waals surface area contributed by atoms with Crippen molar-refractivity contribution in [3.63, 3.8) is 0 Å². The van der Waals surface area contributed by atoms with Gasteiger partial charge < -0.3 is 15.4 Å². The van der Waals surface area contributed by atoms with Crippen LogP contribution in [0.4, 0.5) is 0 Å². The zero-order valence-electron chi connectivity index (χ0n) is 10.6. The molecular formula is C14H19NO3. The summed E-state index contributed by atoms with van der Waals surface area (Å²) in [6.07, 6.45) is 5.72. The summed E-state index contributed by atoms with van der Waals surface area (Å²) in [7, 11) is 0. The standard InChI is InChI=1S/C14H19NO3/c1-9(15-18)11-7-12(14(17)8-13(11)16)10-5-3-2-4-6-10/h7-8,10,16-18H,2-6H2,1H3/b15-9+. The smallest absolute Gasteiger partial charge is 0.128 e. The van der Waals surface area contributed by atoms with Crippen LogP contribution in [0.25, 0.3) is 0 Å². The molecule has 1 fully saturated rings. The van der Waals surface area contributed by atoms with Crippen molar-refractivity contribution in [2.75, 3.05) is 0 Å². The highest BCUT2D eigenvalue weighted by molar-refractivity contribution is 6.01. The van der Waals surface area contributed by atoms with Crippen LogP contribution < -0.4 is 0 Å². The largest absolute Gasteiger partial charge is 0.508 e. The molecule has 1 aromatic carbocycles. The third-order valence-corrected chi connectivity index (χ3v) is 3.73. The van der Waals surface area contributed by atoms with E-state index in [9.17, 15) is 10.2 Å². The fraction of sp³-hybridized carbons (Fsp3) is 0.500. The number of nitrogens with zero attached hydrogens (tertiary/aromatic N) is 1. The molecular weight excluding hydrogens is 230 g/mol. The highest BCUT2D eigenvalue weighted by Gasteiger charge is 2.21. The first kappa shape index (κ1) is 12.7. The molecule has 0 aromatic heterocycles. The maximum atomic E-state index is 9.96. The third-order valence-electron chi connectivity index (χ3n) is 3.73. The first-order valence-corrected chi connectivity index (χ1v) is 6.38. The zero-order chi connectivity index (χ0) is 13.1. The number of phenolic OH excluding ortho intramolecular Hbond substituents is 2. The molecule has 0 amide bonds. The number of aromatic hydroxyl groups is 2. The first-order chi connectivity index (χ1) is 8.63. The average molecular weight is 249 g/mol. The van der Waals surface area contributed by atoms with Gasteiger partial charge in [-0.15, -0.1) is 0 Å². The van der Waals surface area contributed by atoms with Crippen molar-refractivity contribution in [1.82, 2.24) is 0 Å². The molecule has 0 heterocycles. The molecule has 0 aliphatic heterocycles. The van der Waals surface area contributed by atoms with Gasteiger partial charge >= 0.3 is 0 Å². The lowest BCUT2D eigenvalue weighted by molar-refractivity contribution is 0.318. The summed E-state index contributed by atoms with van der Waals surface area (Å²) in [5.74, 6) is 0.417. The minimum Gasteiger partial charge on any atom is -0.508 e. The molecule has 0 radical (unpaired) electrons. The Hall–Kier alpha value is -1.71. The van der Waals surface area contributed by atoms with Gasteiger partial charge in [0, 0.05) is 11.6 Å². The van der Waals surface area contributed by atoms with Gasteiger partial charge in [-0.3, -0.25) is 0 Å². The highest BCUT2D eigenvalue weighted by Crippen LogP contribution is 2.39. The molecule has 98 valence electrons. The molecule has 18 heavy (non-hydrogen) atoms. The van der Waals surface area contributed by atoms with Gasteiger partial charge in [0.05, 0.1) is 5.71 Å². The Kier molecular flexibility index (Phi) is 3.75. The van der Waals surface area contributed by atoms with E-state index in [0.717, 1.165) is 18.4 Å². The molecule has 0 unspecified atom stereocenters. The van der Waals surface area contributed by atoms with Crippen LogP contribution in [0.2, 0.25) is 0 Å². The van der Waals surface area contributed by atoms with E-state index < -0.39 is 0 Å². The summed E-state index contributed by atoms with van der Waals surface area (Å²) in [5.41, 5.74) is 1.69. The second-order valence-corrected chi connectivity index (χ2v) is 4.95. The van der Waals surface area contributed by atoms with Crippen molar-refractivity contribution >= 4 is 5.71 Å². The van der Waals surface area contributed by atoms with E-state index in [1.807, 2.05) is 0 Å². The second-order valence-electron chi connectivity index (χ2n) is 4.95. The summed E-state index contributed by atoms with van der Waals surface area (Å²) in [4.78, 5) is 0. The maximum Gasteiger partial charge on any atom is 0.128 e. The van der Waals surface area contributed by atoms with Gasteiger partial charge in [-0.05, 0) is 37.3 Å².